The summed E-state index contributed by atoms with van der Waals surface area (Å²) < 4.78 is 9.36. The van der Waals surface area contributed by atoms with Gasteiger partial charge >= 0.3 is 0 Å². The predicted molar refractivity (Wildman–Crippen MR) is 121 cm³/mol. The van der Waals surface area contributed by atoms with Crippen molar-refractivity contribution in [1.82, 2.24) is 49.2 Å². The Morgan fingerprint density at radius 2 is 2.03 bits per heavy atom. The van der Waals surface area contributed by atoms with E-state index in [4.69, 9.17) is 4.52 Å². The number of rotatable bonds is 9. The summed E-state index contributed by atoms with van der Waals surface area (Å²) in [5.41, 5.74) is 1.34. The topological polar surface area (TPSA) is 146 Å². The second-order valence-corrected chi connectivity index (χ2v) is 8.35. The first-order valence-electron chi connectivity index (χ1n) is 10.8. The van der Waals surface area contributed by atoms with Crippen LogP contribution in [0.25, 0.3) is 28.5 Å². The van der Waals surface area contributed by atoms with Crippen molar-refractivity contribution in [2.75, 3.05) is 0 Å². The average Bonchev–Trinajstić information content (AvgIpc) is 3.56. The molecule has 0 unspecified atom stereocenters. The molecule has 33 heavy (non-hydrogen) atoms. The predicted octanol–water partition coefficient (Wildman–Crippen LogP) is 2.74. The van der Waals surface area contributed by atoms with Gasteiger partial charge in [-0.2, -0.15) is 4.98 Å². The lowest BCUT2D eigenvalue weighted by molar-refractivity contribution is 0.375. The Morgan fingerprint density at radius 3 is 2.85 bits per heavy atom. The Bertz CT molecular complexity index is 1450. The fourth-order valence-corrected chi connectivity index (χ4v) is 4.10. The molecule has 170 valence electrons. The van der Waals surface area contributed by atoms with Crippen LogP contribution in [0.4, 0.5) is 0 Å². The third kappa shape index (κ3) is 4.15. The minimum atomic E-state index is -0.215. The fraction of sp³-hybridized carbons (Fsp3) is 0.400. The standard InChI is InChI=1S/C20H21BrN10O2/c1-2-3-4-10-30-17-15(25-19(21)26-17)18(32)31-13(27-28-20(30)31)6-5-7-14-24-16(29-33-14)12-11-22-8-9-23-12/h8-9,11H,2-7,10H2,1H3,(H,25,26). The van der Waals surface area contributed by atoms with E-state index in [1.807, 2.05) is 4.57 Å². The van der Waals surface area contributed by atoms with Gasteiger partial charge in [0.2, 0.25) is 17.5 Å². The first kappa shape index (κ1) is 21.4. The van der Waals surface area contributed by atoms with Crippen LogP contribution in [0.15, 0.2) is 32.6 Å². The van der Waals surface area contributed by atoms with Crippen molar-refractivity contribution in [3.63, 3.8) is 0 Å². The number of halogens is 1. The van der Waals surface area contributed by atoms with Crippen molar-refractivity contribution in [3.8, 4) is 11.5 Å². The molecule has 0 aliphatic carbocycles. The van der Waals surface area contributed by atoms with Crippen LogP contribution in [-0.4, -0.2) is 49.2 Å². The summed E-state index contributed by atoms with van der Waals surface area (Å²) in [6, 6.07) is 0. The average molecular weight is 513 g/mol. The van der Waals surface area contributed by atoms with E-state index in [1.165, 1.54) is 0 Å². The van der Waals surface area contributed by atoms with E-state index in [1.54, 1.807) is 23.0 Å². The second-order valence-electron chi connectivity index (χ2n) is 7.60. The summed E-state index contributed by atoms with van der Waals surface area (Å²) in [6.45, 7) is 2.85. The first-order chi connectivity index (χ1) is 16.2. The minimum Gasteiger partial charge on any atom is -0.339 e. The molecule has 5 heterocycles. The molecule has 0 aliphatic rings. The quantitative estimate of drug-likeness (QED) is 0.232. The molecule has 0 fully saturated rings. The van der Waals surface area contributed by atoms with Gasteiger partial charge in [-0.3, -0.25) is 14.3 Å². The number of nitrogens with one attached hydrogen (secondary N) is 1. The Labute approximate surface area is 195 Å². The van der Waals surface area contributed by atoms with E-state index < -0.39 is 0 Å². The summed E-state index contributed by atoms with van der Waals surface area (Å²) in [7, 11) is 0. The normalized spacial score (nSPS) is 11.7. The van der Waals surface area contributed by atoms with Gasteiger partial charge in [-0.05, 0) is 28.8 Å². The van der Waals surface area contributed by atoms with Crippen molar-refractivity contribution in [2.24, 2.45) is 0 Å². The van der Waals surface area contributed by atoms with E-state index in [9.17, 15) is 4.79 Å². The molecule has 5 aromatic rings. The van der Waals surface area contributed by atoms with Gasteiger partial charge in [0.25, 0.3) is 5.56 Å². The van der Waals surface area contributed by atoms with E-state index in [2.05, 4.69) is 63.1 Å². The molecular weight excluding hydrogens is 492 g/mol. The van der Waals surface area contributed by atoms with Crippen LogP contribution < -0.4 is 5.56 Å². The zero-order valence-corrected chi connectivity index (χ0v) is 19.5. The van der Waals surface area contributed by atoms with Crippen LogP contribution in [0.3, 0.4) is 0 Å². The first-order valence-corrected chi connectivity index (χ1v) is 11.6. The Balaban J connectivity index is 1.39. The van der Waals surface area contributed by atoms with E-state index in [-0.39, 0.29) is 5.56 Å². The number of hydrogen-bond donors (Lipinski definition) is 1. The highest BCUT2D eigenvalue weighted by Crippen LogP contribution is 2.17. The molecule has 0 radical (unpaired) electrons. The lowest BCUT2D eigenvalue weighted by atomic mass is 10.2. The van der Waals surface area contributed by atoms with Crippen molar-refractivity contribution in [1.29, 1.82) is 0 Å². The molecule has 13 heteroatoms. The van der Waals surface area contributed by atoms with Crippen LogP contribution in [0.5, 0.6) is 0 Å². The van der Waals surface area contributed by atoms with Crippen molar-refractivity contribution in [3.05, 3.63) is 45.4 Å². The van der Waals surface area contributed by atoms with Gasteiger partial charge in [-0.25, -0.2) is 14.4 Å². The molecule has 0 aliphatic heterocycles. The van der Waals surface area contributed by atoms with Crippen LogP contribution in [0, 0.1) is 0 Å². The maximum absolute atomic E-state index is 13.2. The third-order valence-electron chi connectivity index (χ3n) is 5.32. The molecule has 0 amide bonds. The molecule has 0 saturated carbocycles. The molecule has 0 atom stereocenters. The highest BCUT2D eigenvalue weighted by molar-refractivity contribution is 9.10. The van der Waals surface area contributed by atoms with E-state index >= 15 is 0 Å². The number of imidazole rings is 1. The maximum atomic E-state index is 13.2. The van der Waals surface area contributed by atoms with Gasteiger partial charge in [0, 0.05) is 31.8 Å². The van der Waals surface area contributed by atoms with Crippen molar-refractivity contribution < 1.29 is 4.52 Å². The summed E-state index contributed by atoms with van der Waals surface area (Å²) in [5.74, 6) is 1.97. The molecule has 0 bridgehead atoms. The number of aryl methyl sites for hydroxylation is 3. The maximum Gasteiger partial charge on any atom is 0.286 e. The zero-order chi connectivity index (χ0) is 22.8. The van der Waals surface area contributed by atoms with Crippen molar-refractivity contribution >= 4 is 32.9 Å². The molecule has 5 aromatic heterocycles. The number of H-pyrrole nitrogens is 1. The number of aromatic amines is 1. The monoisotopic (exact) mass is 512 g/mol. The largest absolute Gasteiger partial charge is 0.339 e. The molecule has 0 spiro atoms. The van der Waals surface area contributed by atoms with Gasteiger partial charge in [-0.1, -0.05) is 24.9 Å². The van der Waals surface area contributed by atoms with Crippen LogP contribution in [-0.2, 0) is 19.4 Å². The minimum absolute atomic E-state index is 0.215. The zero-order valence-electron chi connectivity index (χ0n) is 17.9. The second kappa shape index (κ2) is 9.17. The third-order valence-corrected chi connectivity index (χ3v) is 5.70. The SMILES string of the molecule is CCCCCn1c2nc(Br)[nH]c2c(=O)n2c(CCCc3nc(-c4cnccn4)no3)nnc12. The Morgan fingerprint density at radius 1 is 1.12 bits per heavy atom. The summed E-state index contributed by atoms with van der Waals surface area (Å²) >= 11 is 3.34. The molecule has 0 aromatic carbocycles. The molecule has 0 saturated heterocycles. The molecular formula is C20H21BrN10O2. The fourth-order valence-electron chi connectivity index (χ4n) is 3.74. The molecule has 12 nitrogen and oxygen atoms in total. The summed E-state index contributed by atoms with van der Waals surface area (Å²) in [4.78, 5) is 33.2. The Hall–Kier alpha value is -3.48. The lowest BCUT2D eigenvalue weighted by Gasteiger charge is -2.09. The van der Waals surface area contributed by atoms with Crippen molar-refractivity contribution in [2.45, 2.75) is 52.0 Å². The van der Waals surface area contributed by atoms with E-state index in [0.717, 1.165) is 19.3 Å². The number of unbranched alkanes of at least 4 members (excludes halogenated alkanes) is 2. The van der Waals surface area contributed by atoms with Gasteiger partial charge in [0.15, 0.2) is 15.9 Å². The Kier molecular flexibility index (Phi) is 5.94. The number of fused-ring (bicyclic) bond motifs is 2. The smallest absolute Gasteiger partial charge is 0.286 e. The molecule has 5 rings (SSSR count). The highest BCUT2D eigenvalue weighted by Gasteiger charge is 2.19. The highest BCUT2D eigenvalue weighted by atomic mass is 79.9. The van der Waals surface area contributed by atoms with Gasteiger partial charge < -0.3 is 9.51 Å². The van der Waals surface area contributed by atoms with Crippen LogP contribution in [0.1, 0.15) is 44.3 Å². The number of aromatic nitrogens is 10. The number of nitrogens with zero attached hydrogens (tertiary/aromatic N) is 9. The van der Waals surface area contributed by atoms with Gasteiger partial charge in [0.05, 0.1) is 6.20 Å². The summed E-state index contributed by atoms with van der Waals surface area (Å²) in [5, 5.41) is 12.6. The summed E-state index contributed by atoms with van der Waals surface area (Å²) in [6.07, 6.45) is 9.58. The number of hydrogen-bond acceptors (Lipinski definition) is 9. The van der Waals surface area contributed by atoms with Crippen LogP contribution in [0.2, 0.25) is 0 Å². The molecule has 1 N–H and O–H groups in total. The lowest BCUT2D eigenvalue weighted by Crippen LogP contribution is -2.21. The van der Waals surface area contributed by atoms with Gasteiger partial charge in [-0.15, -0.1) is 10.2 Å². The van der Waals surface area contributed by atoms with E-state index in [0.29, 0.717) is 70.7 Å². The van der Waals surface area contributed by atoms with Crippen LogP contribution >= 0.6 is 15.9 Å². The van der Waals surface area contributed by atoms with Gasteiger partial charge in [0.1, 0.15) is 11.5 Å².